The summed E-state index contributed by atoms with van der Waals surface area (Å²) in [4.78, 5) is 11.3. The van der Waals surface area contributed by atoms with Crippen molar-refractivity contribution in [2.24, 2.45) is 0 Å². The zero-order chi connectivity index (χ0) is 13.7. The maximum Gasteiger partial charge on any atom is 0.223 e. The fourth-order valence-corrected chi connectivity index (χ4v) is 2.46. The average molecular weight is 263 g/mol. The third-order valence-electron chi connectivity index (χ3n) is 3.39. The lowest BCUT2D eigenvalue weighted by atomic mass is 9.89. The summed E-state index contributed by atoms with van der Waals surface area (Å²) in [5.41, 5.74) is 2.07. The highest BCUT2D eigenvalue weighted by atomic mass is 16.5. The summed E-state index contributed by atoms with van der Waals surface area (Å²) in [6.07, 6.45) is 2.71. The maximum atomic E-state index is 11.3. The van der Waals surface area contributed by atoms with Crippen molar-refractivity contribution in [3.05, 3.63) is 29.3 Å². The van der Waals surface area contributed by atoms with Crippen molar-refractivity contribution in [1.82, 2.24) is 5.32 Å². The van der Waals surface area contributed by atoms with E-state index in [4.69, 9.17) is 4.74 Å². The van der Waals surface area contributed by atoms with Crippen LogP contribution in [0.3, 0.4) is 0 Å². The van der Waals surface area contributed by atoms with Crippen LogP contribution < -0.4 is 10.1 Å². The molecule has 19 heavy (non-hydrogen) atoms. The van der Waals surface area contributed by atoms with Crippen molar-refractivity contribution in [3.8, 4) is 5.75 Å². The third-order valence-corrected chi connectivity index (χ3v) is 3.39. The molecule has 0 bridgehead atoms. The van der Waals surface area contributed by atoms with E-state index in [-0.39, 0.29) is 12.0 Å². The number of nitrogens with one attached hydrogen (secondary N) is 1. The molecule has 0 aliphatic heterocycles. The molecule has 0 saturated heterocycles. The van der Waals surface area contributed by atoms with E-state index in [1.807, 2.05) is 25.1 Å². The molecule has 1 aromatic rings. The van der Waals surface area contributed by atoms with Gasteiger partial charge in [-0.3, -0.25) is 4.79 Å². The fraction of sp³-hybridized carbons (Fsp3) is 0.533. The number of rotatable bonds is 5. The number of aliphatic hydroxyl groups excluding tert-OH is 1. The highest BCUT2D eigenvalue weighted by Crippen LogP contribution is 2.35. The Kier molecular flexibility index (Phi) is 4.80. The van der Waals surface area contributed by atoms with Crippen molar-refractivity contribution in [2.75, 3.05) is 13.2 Å². The Morgan fingerprint density at radius 2 is 2.37 bits per heavy atom. The smallest absolute Gasteiger partial charge is 0.223 e. The highest BCUT2D eigenvalue weighted by Gasteiger charge is 2.20. The van der Waals surface area contributed by atoms with E-state index in [0.29, 0.717) is 19.6 Å². The molecule has 0 radical (unpaired) electrons. The van der Waals surface area contributed by atoms with Crippen LogP contribution in [-0.4, -0.2) is 24.2 Å². The van der Waals surface area contributed by atoms with E-state index < -0.39 is 0 Å². The maximum absolute atomic E-state index is 11.3. The number of hydrogen-bond acceptors (Lipinski definition) is 3. The first-order chi connectivity index (χ1) is 9.22. The van der Waals surface area contributed by atoms with Gasteiger partial charge in [0.15, 0.2) is 0 Å². The minimum Gasteiger partial charge on any atom is -0.493 e. The Labute approximate surface area is 113 Å². The molecular formula is C15H21NO3. The molecular weight excluding hydrogens is 242 g/mol. The number of ether oxygens (including phenoxy) is 1. The standard InChI is InChI=1S/C15H21NO3/c1-2-16-15(18)9-10-19-14-8-4-5-11-12(14)6-3-7-13(11)17/h4-5,8,13,17H,2-3,6-7,9-10H2,1H3,(H,16,18). The predicted molar refractivity (Wildman–Crippen MR) is 73.1 cm³/mol. The van der Waals surface area contributed by atoms with Crippen LogP contribution in [0.5, 0.6) is 5.75 Å². The van der Waals surface area contributed by atoms with Crippen molar-refractivity contribution in [1.29, 1.82) is 0 Å². The van der Waals surface area contributed by atoms with Gasteiger partial charge in [-0.05, 0) is 43.4 Å². The monoisotopic (exact) mass is 263 g/mol. The van der Waals surface area contributed by atoms with E-state index in [2.05, 4.69) is 5.32 Å². The quantitative estimate of drug-likeness (QED) is 0.853. The van der Waals surface area contributed by atoms with Gasteiger partial charge in [-0.25, -0.2) is 0 Å². The molecule has 0 spiro atoms. The van der Waals surface area contributed by atoms with Gasteiger partial charge in [-0.15, -0.1) is 0 Å². The van der Waals surface area contributed by atoms with Gasteiger partial charge in [0.1, 0.15) is 5.75 Å². The van der Waals surface area contributed by atoms with Crippen LogP contribution in [0.15, 0.2) is 18.2 Å². The third kappa shape index (κ3) is 3.47. The Morgan fingerprint density at radius 3 is 3.16 bits per heavy atom. The summed E-state index contributed by atoms with van der Waals surface area (Å²) < 4.78 is 5.70. The summed E-state index contributed by atoms with van der Waals surface area (Å²) in [6, 6.07) is 5.76. The molecule has 104 valence electrons. The summed E-state index contributed by atoms with van der Waals surface area (Å²) in [7, 11) is 0. The van der Waals surface area contributed by atoms with Gasteiger partial charge >= 0.3 is 0 Å². The van der Waals surface area contributed by atoms with Crippen molar-refractivity contribution in [2.45, 2.75) is 38.7 Å². The second kappa shape index (κ2) is 6.57. The van der Waals surface area contributed by atoms with Crippen LogP contribution in [-0.2, 0) is 11.2 Å². The normalized spacial score (nSPS) is 17.7. The second-order valence-electron chi connectivity index (χ2n) is 4.78. The molecule has 1 unspecified atom stereocenters. The molecule has 2 N–H and O–H groups in total. The topological polar surface area (TPSA) is 58.6 Å². The zero-order valence-electron chi connectivity index (χ0n) is 11.3. The first-order valence-electron chi connectivity index (χ1n) is 6.91. The Balaban J connectivity index is 1.97. The number of fused-ring (bicyclic) bond motifs is 1. The lowest BCUT2D eigenvalue weighted by molar-refractivity contribution is -0.121. The molecule has 4 heteroatoms. The number of carbonyl (C=O) groups excluding carboxylic acids is 1. The minimum atomic E-state index is -0.379. The first kappa shape index (κ1) is 13.9. The highest BCUT2D eigenvalue weighted by molar-refractivity contribution is 5.75. The molecule has 1 aliphatic carbocycles. The Hall–Kier alpha value is -1.55. The van der Waals surface area contributed by atoms with Crippen LogP contribution in [0.1, 0.15) is 43.4 Å². The molecule has 0 heterocycles. The minimum absolute atomic E-state index is 0.00679. The second-order valence-corrected chi connectivity index (χ2v) is 4.78. The van der Waals surface area contributed by atoms with Gasteiger partial charge in [-0.1, -0.05) is 12.1 Å². The van der Waals surface area contributed by atoms with Crippen LogP contribution >= 0.6 is 0 Å². The summed E-state index contributed by atoms with van der Waals surface area (Å²) >= 11 is 0. The number of amides is 1. The van der Waals surface area contributed by atoms with Gasteiger partial charge in [0.2, 0.25) is 5.91 Å². The Bertz CT molecular complexity index is 445. The number of hydrogen-bond donors (Lipinski definition) is 2. The largest absolute Gasteiger partial charge is 0.493 e. The molecule has 2 rings (SSSR count). The summed E-state index contributed by atoms with van der Waals surface area (Å²) in [6.45, 7) is 2.91. The molecule has 0 saturated carbocycles. The molecule has 1 aromatic carbocycles. The number of aliphatic hydroxyl groups is 1. The van der Waals surface area contributed by atoms with E-state index in [1.165, 1.54) is 0 Å². The van der Waals surface area contributed by atoms with E-state index >= 15 is 0 Å². The van der Waals surface area contributed by atoms with Crippen LogP contribution in [0.25, 0.3) is 0 Å². The molecule has 1 amide bonds. The lowest BCUT2D eigenvalue weighted by Gasteiger charge is -2.23. The van der Waals surface area contributed by atoms with Gasteiger partial charge in [0, 0.05) is 6.54 Å². The van der Waals surface area contributed by atoms with E-state index in [9.17, 15) is 9.90 Å². The lowest BCUT2D eigenvalue weighted by Crippen LogP contribution is -2.24. The van der Waals surface area contributed by atoms with E-state index in [1.54, 1.807) is 0 Å². The van der Waals surface area contributed by atoms with Crippen LogP contribution in [0, 0.1) is 0 Å². The summed E-state index contributed by atoms with van der Waals surface area (Å²) in [5, 5.41) is 12.7. The van der Waals surface area contributed by atoms with Crippen LogP contribution in [0.4, 0.5) is 0 Å². The zero-order valence-corrected chi connectivity index (χ0v) is 11.3. The van der Waals surface area contributed by atoms with Crippen molar-refractivity contribution in [3.63, 3.8) is 0 Å². The average Bonchev–Trinajstić information content (AvgIpc) is 2.40. The van der Waals surface area contributed by atoms with Gasteiger partial charge in [0.25, 0.3) is 0 Å². The predicted octanol–water partition coefficient (Wildman–Crippen LogP) is 1.96. The fourth-order valence-electron chi connectivity index (χ4n) is 2.46. The Morgan fingerprint density at radius 1 is 1.53 bits per heavy atom. The van der Waals surface area contributed by atoms with Crippen molar-refractivity contribution < 1.29 is 14.6 Å². The molecule has 0 aromatic heterocycles. The van der Waals surface area contributed by atoms with Gasteiger partial charge in [0.05, 0.1) is 19.1 Å². The molecule has 4 nitrogen and oxygen atoms in total. The van der Waals surface area contributed by atoms with E-state index in [0.717, 1.165) is 36.1 Å². The molecule has 1 atom stereocenters. The number of carbonyl (C=O) groups is 1. The SMILES string of the molecule is CCNC(=O)CCOc1cccc2c1CCCC2O. The number of benzene rings is 1. The van der Waals surface area contributed by atoms with Crippen LogP contribution in [0.2, 0.25) is 0 Å². The molecule has 1 aliphatic rings. The summed E-state index contributed by atoms with van der Waals surface area (Å²) in [5.74, 6) is 0.813. The molecule has 0 fully saturated rings. The van der Waals surface area contributed by atoms with Gasteiger partial charge < -0.3 is 15.2 Å². The van der Waals surface area contributed by atoms with Crippen molar-refractivity contribution >= 4 is 5.91 Å². The van der Waals surface area contributed by atoms with Gasteiger partial charge in [-0.2, -0.15) is 0 Å². The first-order valence-corrected chi connectivity index (χ1v) is 6.91.